The second-order valence-corrected chi connectivity index (χ2v) is 7.52. The predicted octanol–water partition coefficient (Wildman–Crippen LogP) is 4.27. The summed E-state index contributed by atoms with van der Waals surface area (Å²) >= 11 is 5.80. The van der Waals surface area contributed by atoms with Crippen LogP contribution in [0.15, 0.2) is 40.8 Å². The summed E-state index contributed by atoms with van der Waals surface area (Å²) in [4.78, 5) is 17.2. The summed E-state index contributed by atoms with van der Waals surface area (Å²) in [5, 5.41) is 21.8. The Morgan fingerprint density at radius 2 is 2.26 bits per heavy atom. The molecule has 8 nitrogen and oxygen atoms in total. The van der Waals surface area contributed by atoms with E-state index in [1.54, 1.807) is 24.3 Å². The molecule has 0 unspecified atom stereocenters. The third-order valence-corrected chi connectivity index (χ3v) is 5.45. The molecule has 160 valence electrons. The van der Waals surface area contributed by atoms with Crippen LogP contribution >= 0.6 is 11.6 Å². The van der Waals surface area contributed by atoms with Gasteiger partial charge in [-0.05, 0) is 29.8 Å². The van der Waals surface area contributed by atoms with Gasteiger partial charge in [0.25, 0.3) is 6.01 Å². The van der Waals surface area contributed by atoms with E-state index in [-0.39, 0.29) is 43.2 Å². The molecule has 2 aromatic carbocycles. The first-order valence-electron chi connectivity index (χ1n) is 9.54. The quantitative estimate of drug-likeness (QED) is 0.617. The van der Waals surface area contributed by atoms with Crippen molar-refractivity contribution < 1.29 is 23.4 Å². The molecule has 1 aliphatic heterocycles. The number of rotatable bonds is 4. The topological polar surface area (TPSA) is 112 Å². The van der Waals surface area contributed by atoms with Crippen LogP contribution in [0.2, 0.25) is 5.02 Å². The van der Waals surface area contributed by atoms with Gasteiger partial charge >= 0.3 is 6.09 Å². The van der Waals surface area contributed by atoms with E-state index < -0.39 is 18.0 Å². The highest BCUT2D eigenvalue weighted by molar-refractivity contribution is 6.30. The molecule has 0 spiro atoms. The fraction of sp³-hybridized carbons (Fsp3) is 0.286. The summed E-state index contributed by atoms with van der Waals surface area (Å²) in [7, 11) is 0. The molecule has 2 atom stereocenters. The van der Waals surface area contributed by atoms with Gasteiger partial charge in [-0.25, -0.2) is 9.18 Å². The van der Waals surface area contributed by atoms with Gasteiger partial charge in [-0.2, -0.15) is 10.2 Å². The number of halogens is 2. The van der Waals surface area contributed by atoms with E-state index in [9.17, 15) is 19.6 Å². The summed E-state index contributed by atoms with van der Waals surface area (Å²) in [5.74, 6) is -0.943. The summed E-state index contributed by atoms with van der Waals surface area (Å²) in [6, 6.07) is 11.7. The van der Waals surface area contributed by atoms with Crippen LogP contribution in [0.25, 0.3) is 11.1 Å². The Labute approximate surface area is 181 Å². The smallest absolute Gasteiger partial charge is 0.407 e. The fourth-order valence-corrected chi connectivity index (χ4v) is 3.75. The molecule has 1 aliphatic rings. The van der Waals surface area contributed by atoms with Crippen LogP contribution in [0, 0.1) is 23.1 Å². The minimum atomic E-state index is -1.06. The number of anilines is 1. The number of ether oxygens (including phenoxy) is 1. The zero-order chi connectivity index (χ0) is 22.0. The third kappa shape index (κ3) is 4.40. The number of carboxylic acid groups (broad SMARTS) is 1. The van der Waals surface area contributed by atoms with Crippen molar-refractivity contribution in [3.05, 3.63) is 58.4 Å². The predicted molar refractivity (Wildman–Crippen MR) is 110 cm³/mol. The van der Waals surface area contributed by atoms with Crippen molar-refractivity contribution in [2.45, 2.75) is 6.10 Å². The highest BCUT2D eigenvalue weighted by atomic mass is 35.5. The van der Waals surface area contributed by atoms with E-state index in [1.165, 1.54) is 17.0 Å². The number of aromatic nitrogens is 1. The monoisotopic (exact) mass is 444 g/mol. The molecule has 2 heterocycles. The van der Waals surface area contributed by atoms with E-state index in [0.29, 0.717) is 22.2 Å². The van der Waals surface area contributed by atoms with Gasteiger partial charge in [-0.1, -0.05) is 23.7 Å². The van der Waals surface area contributed by atoms with Gasteiger partial charge in [-0.15, -0.1) is 0 Å². The van der Waals surface area contributed by atoms with Crippen LogP contribution < -0.4 is 5.32 Å². The minimum absolute atomic E-state index is 0.000943. The number of hydrogen-bond acceptors (Lipinski definition) is 6. The number of nitriles is 1. The first-order chi connectivity index (χ1) is 15.0. The number of oxazole rings is 1. The number of benzene rings is 2. The molecule has 0 radical (unpaired) electrons. The number of nitrogens with one attached hydrogen (secondary N) is 1. The molecule has 0 saturated carbocycles. The minimum Gasteiger partial charge on any atom is -0.465 e. The molecule has 1 aromatic heterocycles. The Morgan fingerprint density at radius 1 is 1.42 bits per heavy atom. The zero-order valence-corrected chi connectivity index (χ0v) is 17.0. The van der Waals surface area contributed by atoms with Gasteiger partial charge in [0.1, 0.15) is 17.4 Å². The maximum atomic E-state index is 14.0. The van der Waals surface area contributed by atoms with Gasteiger partial charge in [0.05, 0.1) is 23.3 Å². The lowest BCUT2D eigenvalue weighted by Crippen LogP contribution is -2.37. The number of amides is 1. The average Bonchev–Trinajstić information content (AvgIpc) is 3.05. The summed E-state index contributed by atoms with van der Waals surface area (Å²) in [6.45, 7) is 0.785. The molecular formula is C21H18ClFN4O4. The lowest BCUT2D eigenvalue weighted by molar-refractivity contribution is 0.0339. The van der Waals surface area contributed by atoms with Gasteiger partial charge in [0, 0.05) is 25.6 Å². The number of fused-ring (bicyclic) bond motifs is 1. The molecular weight excluding hydrogens is 427 g/mol. The van der Waals surface area contributed by atoms with Crippen LogP contribution in [-0.4, -0.2) is 47.3 Å². The van der Waals surface area contributed by atoms with E-state index >= 15 is 0 Å². The lowest BCUT2D eigenvalue weighted by atomic mass is 9.95. The van der Waals surface area contributed by atoms with E-state index in [1.807, 2.05) is 0 Å². The number of para-hydroxylation sites is 1. The van der Waals surface area contributed by atoms with Crippen molar-refractivity contribution >= 4 is 34.8 Å². The highest BCUT2D eigenvalue weighted by Crippen LogP contribution is 2.32. The maximum Gasteiger partial charge on any atom is 0.407 e. The van der Waals surface area contributed by atoms with Gasteiger partial charge in [-0.3, -0.25) is 0 Å². The highest BCUT2D eigenvalue weighted by Gasteiger charge is 2.32. The molecule has 1 amide bonds. The van der Waals surface area contributed by atoms with E-state index in [2.05, 4.69) is 16.4 Å². The van der Waals surface area contributed by atoms with Crippen LogP contribution in [0.3, 0.4) is 0 Å². The standard InChI is InChI=1S/C21H18ClFN4O4/c22-15-5-4-12(8-16(15)23)19-14(11-27(21(28)29)6-7-30-19)10-25-20-26-18-13(9-24)2-1-3-17(18)31-20/h1-5,8,14,19H,6-7,10-11H2,(H,25,26)(H,28,29)/t14-,19+/m1/s1. The fourth-order valence-electron chi connectivity index (χ4n) is 3.63. The van der Waals surface area contributed by atoms with Crippen molar-refractivity contribution in [3.8, 4) is 6.07 Å². The Balaban J connectivity index is 1.60. The zero-order valence-electron chi connectivity index (χ0n) is 16.2. The van der Waals surface area contributed by atoms with Crippen LogP contribution in [0.5, 0.6) is 0 Å². The molecule has 3 aromatic rings. The Kier molecular flexibility index (Phi) is 5.93. The number of carbonyl (C=O) groups is 1. The molecule has 4 rings (SSSR count). The SMILES string of the molecule is N#Cc1cccc2oc(NC[C@@H]3CN(C(=O)O)CCO[C@H]3c3ccc(Cl)c(F)c3)nc12. The molecule has 0 aliphatic carbocycles. The first-order valence-corrected chi connectivity index (χ1v) is 9.92. The lowest BCUT2D eigenvalue weighted by Gasteiger charge is -2.27. The van der Waals surface area contributed by atoms with Crippen LogP contribution in [0.4, 0.5) is 15.2 Å². The normalized spacial score (nSPS) is 19.1. The maximum absolute atomic E-state index is 14.0. The van der Waals surface area contributed by atoms with E-state index in [0.717, 1.165) is 0 Å². The molecule has 31 heavy (non-hydrogen) atoms. The summed E-state index contributed by atoms with van der Waals surface area (Å²) in [5.41, 5.74) is 1.85. The number of nitrogens with zero attached hydrogens (tertiary/aromatic N) is 3. The average molecular weight is 445 g/mol. The van der Waals surface area contributed by atoms with Crippen molar-refractivity contribution in [2.75, 3.05) is 31.6 Å². The van der Waals surface area contributed by atoms with Crippen molar-refractivity contribution in [3.63, 3.8) is 0 Å². The second kappa shape index (κ2) is 8.79. The molecule has 0 bridgehead atoms. The van der Waals surface area contributed by atoms with Crippen LogP contribution in [0.1, 0.15) is 17.2 Å². The van der Waals surface area contributed by atoms with Crippen molar-refractivity contribution in [1.82, 2.24) is 9.88 Å². The van der Waals surface area contributed by atoms with Crippen LogP contribution in [-0.2, 0) is 4.74 Å². The first kappa shape index (κ1) is 20.9. The van der Waals surface area contributed by atoms with Gasteiger partial charge in [0.2, 0.25) is 0 Å². The molecule has 2 N–H and O–H groups in total. The Bertz CT molecular complexity index is 1160. The summed E-state index contributed by atoms with van der Waals surface area (Å²) < 4.78 is 25.6. The molecule has 1 saturated heterocycles. The third-order valence-electron chi connectivity index (χ3n) is 5.14. The second-order valence-electron chi connectivity index (χ2n) is 7.12. The van der Waals surface area contributed by atoms with Gasteiger partial charge < -0.3 is 24.5 Å². The Hall–Kier alpha value is -3.35. The molecule has 1 fully saturated rings. The number of hydrogen-bond donors (Lipinski definition) is 2. The molecule has 10 heteroatoms. The largest absolute Gasteiger partial charge is 0.465 e. The van der Waals surface area contributed by atoms with Gasteiger partial charge in [0.15, 0.2) is 5.58 Å². The Morgan fingerprint density at radius 3 is 3.00 bits per heavy atom. The summed E-state index contributed by atoms with van der Waals surface area (Å²) in [6.07, 6.45) is -1.63. The van der Waals surface area contributed by atoms with E-state index in [4.69, 9.17) is 20.8 Å². The van der Waals surface area contributed by atoms with Crippen molar-refractivity contribution in [1.29, 1.82) is 5.26 Å². The van der Waals surface area contributed by atoms with Crippen molar-refractivity contribution in [2.24, 2.45) is 5.92 Å².